The average molecular weight is 234 g/mol. The number of rotatable bonds is 4. The van der Waals surface area contributed by atoms with Gasteiger partial charge in [0.1, 0.15) is 17.3 Å². The van der Waals surface area contributed by atoms with E-state index in [0.29, 0.717) is 0 Å². The molecule has 0 aliphatic rings. The summed E-state index contributed by atoms with van der Waals surface area (Å²) in [5.74, 6) is 8.42. The Morgan fingerprint density at radius 1 is 1.53 bits per heavy atom. The molecule has 92 valence electrons. The molecule has 0 aliphatic carbocycles. The van der Waals surface area contributed by atoms with Gasteiger partial charge in [-0.2, -0.15) is 0 Å². The average Bonchev–Trinajstić information content (AvgIpc) is 2.82. The summed E-state index contributed by atoms with van der Waals surface area (Å²) in [4.78, 5) is 4.30. The van der Waals surface area contributed by atoms with Gasteiger partial charge in [0.25, 0.3) is 0 Å². The molecule has 5 nitrogen and oxygen atoms in total. The highest BCUT2D eigenvalue weighted by atomic mass is 16.3. The van der Waals surface area contributed by atoms with Crippen molar-refractivity contribution in [2.45, 2.75) is 26.3 Å². The molecule has 0 amide bonds. The van der Waals surface area contributed by atoms with E-state index in [0.717, 1.165) is 29.3 Å². The molecule has 2 aromatic rings. The first-order chi connectivity index (χ1) is 8.11. The molecule has 17 heavy (non-hydrogen) atoms. The number of imidazole rings is 1. The predicted molar refractivity (Wildman–Crippen MR) is 65.2 cm³/mol. The highest BCUT2D eigenvalue weighted by Gasteiger charge is 2.18. The Morgan fingerprint density at radius 2 is 2.29 bits per heavy atom. The van der Waals surface area contributed by atoms with Crippen molar-refractivity contribution >= 4 is 0 Å². The van der Waals surface area contributed by atoms with E-state index in [1.807, 2.05) is 37.7 Å². The number of nitrogens with zero attached hydrogens (tertiary/aromatic N) is 2. The predicted octanol–water partition coefficient (Wildman–Crippen LogP) is 1.38. The van der Waals surface area contributed by atoms with Crippen LogP contribution in [0, 0.1) is 13.8 Å². The zero-order chi connectivity index (χ0) is 12.4. The fraction of sp³-hybridized carbons (Fsp3) is 0.417. The van der Waals surface area contributed by atoms with Crippen molar-refractivity contribution in [3.63, 3.8) is 0 Å². The molecule has 0 spiro atoms. The monoisotopic (exact) mass is 234 g/mol. The van der Waals surface area contributed by atoms with Crippen LogP contribution >= 0.6 is 0 Å². The van der Waals surface area contributed by atoms with Crippen molar-refractivity contribution in [1.29, 1.82) is 0 Å². The minimum Gasteiger partial charge on any atom is -0.466 e. The van der Waals surface area contributed by atoms with Crippen molar-refractivity contribution in [2.75, 3.05) is 0 Å². The minimum absolute atomic E-state index is 0.0218. The molecule has 0 aliphatic heterocycles. The zero-order valence-electron chi connectivity index (χ0n) is 10.4. The van der Waals surface area contributed by atoms with Crippen molar-refractivity contribution in [2.24, 2.45) is 12.9 Å². The third-order valence-corrected chi connectivity index (χ3v) is 2.96. The van der Waals surface area contributed by atoms with Gasteiger partial charge in [-0.25, -0.2) is 4.98 Å². The third-order valence-electron chi connectivity index (χ3n) is 2.96. The van der Waals surface area contributed by atoms with Gasteiger partial charge in [0.15, 0.2) is 0 Å². The van der Waals surface area contributed by atoms with Gasteiger partial charge < -0.3 is 8.98 Å². The highest BCUT2D eigenvalue weighted by Crippen LogP contribution is 2.23. The molecule has 0 fully saturated rings. The molecular weight excluding hydrogens is 216 g/mol. The van der Waals surface area contributed by atoms with Crippen LogP contribution in [0.4, 0.5) is 0 Å². The molecule has 1 atom stereocenters. The fourth-order valence-corrected chi connectivity index (χ4v) is 2.03. The summed E-state index contributed by atoms with van der Waals surface area (Å²) in [5.41, 5.74) is 3.92. The molecule has 0 saturated heterocycles. The van der Waals surface area contributed by atoms with Crippen LogP contribution < -0.4 is 11.3 Å². The second kappa shape index (κ2) is 4.73. The summed E-state index contributed by atoms with van der Waals surface area (Å²) in [7, 11) is 1.98. The molecule has 3 N–H and O–H groups in total. The first kappa shape index (κ1) is 11.9. The van der Waals surface area contributed by atoms with Crippen molar-refractivity contribution in [3.05, 3.63) is 41.4 Å². The topological polar surface area (TPSA) is 69.0 Å². The van der Waals surface area contributed by atoms with E-state index in [1.54, 1.807) is 6.20 Å². The Kier molecular flexibility index (Phi) is 3.31. The van der Waals surface area contributed by atoms with E-state index in [1.165, 1.54) is 0 Å². The van der Waals surface area contributed by atoms with Crippen LogP contribution in [-0.4, -0.2) is 9.55 Å². The lowest BCUT2D eigenvalue weighted by Gasteiger charge is -2.14. The molecule has 1 unspecified atom stereocenters. The van der Waals surface area contributed by atoms with E-state index in [9.17, 15) is 0 Å². The second-order valence-corrected chi connectivity index (χ2v) is 4.25. The van der Waals surface area contributed by atoms with Crippen LogP contribution in [0.15, 0.2) is 22.9 Å². The highest BCUT2D eigenvalue weighted by molar-refractivity contribution is 5.25. The van der Waals surface area contributed by atoms with E-state index >= 15 is 0 Å². The second-order valence-electron chi connectivity index (χ2n) is 4.25. The number of aryl methyl sites for hydroxylation is 3. The van der Waals surface area contributed by atoms with Gasteiger partial charge in [0.2, 0.25) is 0 Å². The molecule has 2 heterocycles. The van der Waals surface area contributed by atoms with Crippen LogP contribution in [0.25, 0.3) is 0 Å². The van der Waals surface area contributed by atoms with Crippen molar-refractivity contribution in [1.82, 2.24) is 15.0 Å². The lowest BCUT2D eigenvalue weighted by molar-refractivity contribution is 0.480. The van der Waals surface area contributed by atoms with E-state index in [4.69, 9.17) is 10.3 Å². The first-order valence-electron chi connectivity index (χ1n) is 5.61. The number of nitrogens with two attached hydrogens (primary N) is 1. The standard InChI is InChI=1S/C12H18N4O/c1-8-6-10(9(2)17-8)11(15-13)7-12-14-4-5-16(12)3/h4-6,11,15H,7,13H2,1-3H3. The Bertz CT molecular complexity index is 500. The number of aromatic nitrogens is 2. The summed E-state index contributed by atoms with van der Waals surface area (Å²) >= 11 is 0. The van der Waals surface area contributed by atoms with E-state index in [-0.39, 0.29) is 6.04 Å². The fourth-order valence-electron chi connectivity index (χ4n) is 2.03. The number of nitrogens with one attached hydrogen (secondary N) is 1. The Balaban J connectivity index is 2.23. The maximum atomic E-state index is 5.62. The Labute approximate surface area is 101 Å². The van der Waals surface area contributed by atoms with Crippen LogP contribution in [0.1, 0.15) is 29.0 Å². The first-order valence-corrected chi connectivity index (χ1v) is 5.61. The number of hydrogen-bond acceptors (Lipinski definition) is 4. The molecule has 0 radical (unpaired) electrons. The molecule has 2 rings (SSSR count). The summed E-state index contributed by atoms with van der Waals surface area (Å²) in [5, 5.41) is 0. The van der Waals surface area contributed by atoms with Crippen LogP contribution in [0.2, 0.25) is 0 Å². The molecule has 0 bridgehead atoms. The van der Waals surface area contributed by atoms with Gasteiger partial charge in [-0.05, 0) is 19.9 Å². The van der Waals surface area contributed by atoms with Crippen LogP contribution in [0.5, 0.6) is 0 Å². The Hall–Kier alpha value is -1.59. The van der Waals surface area contributed by atoms with Crippen LogP contribution in [-0.2, 0) is 13.5 Å². The number of hydrogen-bond donors (Lipinski definition) is 2. The maximum absolute atomic E-state index is 5.62. The zero-order valence-corrected chi connectivity index (χ0v) is 10.4. The summed E-state index contributed by atoms with van der Waals surface area (Å²) < 4.78 is 7.52. The van der Waals surface area contributed by atoms with Gasteiger partial charge in [0, 0.05) is 31.4 Å². The SMILES string of the molecule is Cc1cc(C(Cc2nccn2C)NN)c(C)o1. The summed E-state index contributed by atoms with van der Waals surface area (Å²) in [6.45, 7) is 3.88. The van der Waals surface area contributed by atoms with Gasteiger partial charge in [0.05, 0.1) is 6.04 Å². The molecular formula is C12H18N4O. The van der Waals surface area contributed by atoms with E-state index < -0.39 is 0 Å². The van der Waals surface area contributed by atoms with Gasteiger partial charge >= 0.3 is 0 Å². The van der Waals surface area contributed by atoms with Crippen molar-refractivity contribution < 1.29 is 4.42 Å². The van der Waals surface area contributed by atoms with Crippen molar-refractivity contribution in [3.8, 4) is 0 Å². The van der Waals surface area contributed by atoms with Gasteiger partial charge in [-0.15, -0.1) is 0 Å². The van der Waals surface area contributed by atoms with Gasteiger partial charge in [-0.3, -0.25) is 11.3 Å². The lowest BCUT2D eigenvalue weighted by Crippen LogP contribution is -2.30. The van der Waals surface area contributed by atoms with Crippen LogP contribution in [0.3, 0.4) is 0 Å². The summed E-state index contributed by atoms with van der Waals surface area (Å²) in [6, 6.07) is 2.04. The quantitative estimate of drug-likeness (QED) is 0.619. The van der Waals surface area contributed by atoms with Gasteiger partial charge in [-0.1, -0.05) is 0 Å². The Morgan fingerprint density at radius 3 is 2.76 bits per heavy atom. The lowest BCUT2D eigenvalue weighted by atomic mass is 10.0. The third kappa shape index (κ3) is 2.40. The summed E-state index contributed by atoms with van der Waals surface area (Å²) in [6.07, 6.45) is 4.45. The molecule has 5 heteroatoms. The largest absolute Gasteiger partial charge is 0.466 e. The number of furan rings is 1. The smallest absolute Gasteiger partial charge is 0.110 e. The maximum Gasteiger partial charge on any atom is 0.110 e. The normalized spacial score (nSPS) is 12.9. The molecule has 2 aromatic heterocycles. The minimum atomic E-state index is 0.0218. The molecule has 0 aromatic carbocycles. The molecule has 0 saturated carbocycles. The van der Waals surface area contributed by atoms with E-state index in [2.05, 4.69) is 10.4 Å². The number of hydrazine groups is 1.